The van der Waals surface area contributed by atoms with Gasteiger partial charge in [-0.1, -0.05) is 61.0 Å². The van der Waals surface area contributed by atoms with Crippen LogP contribution in [0.3, 0.4) is 0 Å². The van der Waals surface area contributed by atoms with Gasteiger partial charge in [0, 0.05) is 64.4 Å². The molecule has 2 heterocycles. The zero-order valence-corrected chi connectivity index (χ0v) is 31.7. The molecule has 1 aliphatic rings. The highest BCUT2D eigenvalue weighted by Gasteiger charge is 2.43. The summed E-state index contributed by atoms with van der Waals surface area (Å²) >= 11 is 0. The van der Waals surface area contributed by atoms with Gasteiger partial charge in [-0.05, 0) is 55.6 Å². The van der Waals surface area contributed by atoms with Crippen molar-refractivity contribution >= 4 is 23.4 Å². The smallest absolute Gasteiger partial charge is 0.226 e. The highest BCUT2D eigenvalue weighted by Crippen LogP contribution is 2.31. The number of carbonyl (C=O) groups is 4. The van der Waals surface area contributed by atoms with E-state index >= 15 is 0 Å². The second-order valence-electron chi connectivity index (χ2n) is 14.6. The van der Waals surface area contributed by atoms with Crippen molar-refractivity contribution in [2.45, 2.75) is 130 Å². The molecule has 1 saturated heterocycles. The van der Waals surface area contributed by atoms with Crippen LogP contribution in [0.5, 0.6) is 0 Å². The van der Waals surface area contributed by atoms with Gasteiger partial charge in [-0.25, -0.2) is 5.90 Å². The van der Waals surface area contributed by atoms with Crippen LogP contribution in [-0.4, -0.2) is 96.4 Å². The molecule has 0 radical (unpaired) electrons. The van der Waals surface area contributed by atoms with Gasteiger partial charge in [-0.15, -0.1) is 0 Å². The highest BCUT2D eigenvalue weighted by atomic mass is 16.6. The monoisotopic (exact) mass is 688 g/mol. The van der Waals surface area contributed by atoms with Crippen molar-refractivity contribution in [3.63, 3.8) is 0 Å². The predicted octanol–water partition coefficient (Wildman–Crippen LogP) is 5.04. The van der Waals surface area contributed by atoms with Crippen LogP contribution in [0.1, 0.15) is 99.1 Å². The van der Waals surface area contributed by atoms with Crippen LogP contribution in [0, 0.1) is 29.6 Å². The number of Topliss-reactive ketones (excluding diaryl/α,β-unsaturated/α-hetero) is 2. The molecular weight excluding hydrogens is 624 g/mol. The predicted molar refractivity (Wildman–Crippen MR) is 190 cm³/mol. The molecular formula is C38H64N4O7. The third kappa shape index (κ3) is 11.7. The number of ketones is 2. The van der Waals surface area contributed by atoms with E-state index in [1.807, 2.05) is 64.6 Å². The van der Waals surface area contributed by atoms with Gasteiger partial charge in [0.25, 0.3) is 0 Å². The van der Waals surface area contributed by atoms with E-state index in [0.717, 1.165) is 31.4 Å². The van der Waals surface area contributed by atoms with Crippen LogP contribution in [0.2, 0.25) is 0 Å². The molecule has 1 aromatic heterocycles. The summed E-state index contributed by atoms with van der Waals surface area (Å²) in [6, 6.07) is 5.14. The molecule has 278 valence electrons. The average Bonchev–Trinajstić information content (AvgIpc) is 3.56. The lowest BCUT2D eigenvalue weighted by Crippen LogP contribution is -2.54. The third-order valence-electron chi connectivity index (χ3n) is 10.5. The number of nitrogens with two attached hydrogens (primary N) is 1. The topological polar surface area (TPSA) is 141 Å². The fourth-order valence-corrected chi connectivity index (χ4v) is 7.37. The maximum atomic E-state index is 14.1. The first-order chi connectivity index (χ1) is 23.2. The zero-order valence-electron chi connectivity index (χ0n) is 31.7. The quantitative estimate of drug-likeness (QED) is 0.166. The Morgan fingerprint density at radius 2 is 1.69 bits per heavy atom. The minimum Gasteiger partial charge on any atom is -0.379 e. The fraction of sp³-hybridized carbons (Fsp3) is 0.763. The van der Waals surface area contributed by atoms with Crippen LogP contribution < -0.4 is 5.90 Å². The second kappa shape index (κ2) is 20.8. The molecule has 11 heteroatoms. The first-order valence-corrected chi connectivity index (χ1v) is 18.2. The van der Waals surface area contributed by atoms with Gasteiger partial charge in [0.1, 0.15) is 11.9 Å². The Morgan fingerprint density at radius 1 is 1.00 bits per heavy atom. The van der Waals surface area contributed by atoms with Gasteiger partial charge in [0.2, 0.25) is 11.8 Å². The number of nitrogens with zero attached hydrogens (tertiary/aromatic N) is 3. The summed E-state index contributed by atoms with van der Waals surface area (Å²) in [6.45, 7) is 14.1. The highest BCUT2D eigenvalue weighted by molar-refractivity contribution is 5.89. The Morgan fingerprint density at radius 3 is 2.22 bits per heavy atom. The van der Waals surface area contributed by atoms with Crippen molar-refractivity contribution in [3.05, 3.63) is 30.1 Å². The summed E-state index contributed by atoms with van der Waals surface area (Å²) in [7, 11) is 4.93. The molecule has 49 heavy (non-hydrogen) atoms. The third-order valence-corrected chi connectivity index (χ3v) is 10.5. The maximum absolute atomic E-state index is 14.1. The molecule has 0 spiro atoms. The van der Waals surface area contributed by atoms with Crippen molar-refractivity contribution in [2.24, 2.45) is 35.5 Å². The Bertz CT molecular complexity index is 1180. The Labute approximate surface area is 294 Å². The van der Waals surface area contributed by atoms with Crippen molar-refractivity contribution in [3.8, 4) is 0 Å². The normalized spacial score (nSPS) is 19.3. The molecule has 2 rings (SSSR count). The molecule has 1 aromatic rings. The number of amides is 2. The van der Waals surface area contributed by atoms with Crippen molar-refractivity contribution < 1.29 is 33.5 Å². The summed E-state index contributed by atoms with van der Waals surface area (Å²) < 4.78 is 11.9. The van der Waals surface area contributed by atoms with Crippen LogP contribution >= 0.6 is 0 Å². The number of aromatic nitrogens is 1. The summed E-state index contributed by atoms with van der Waals surface area (Å²) in [6.07, 6.45) is 4.21. The van der Waals surface area contributed by atoms with E-state index in [-0.39, 0.29) is 65.9 Å². The van der Waals surface area contributed by atoms with Crippen LogP contribution in [0.4, 0.5) is 0 Å². The minimum atomic E-state index is -0.789. The number of likely N-dealkylation sites (N-methyl/N-ethyl adjacent to an activating group) is 1. The van der Waals surface area contributed by atoms with Gasteiger partial charge in [0.15, 0.2) is 5.78 Å². The molecule has 0 aliphatic carbocycles. The fourth-order valence-electron chi connectivity index (χ4n) is 7.37. The van der Waals surface area contributed by atoms with E-state index in [9.17, 15) is 19.2 Å². The summed E-state index contributed by atoms with van der Waals surface area (Å²) in [4.78, 5) is 67.4. The van der Waals surface area contributed by atoms with Gasteiger partial charge in [0.05, 0.1) is 30.7 Å². The van der Waals surface area contributed by atoms with Gasteiger partial charge in [-0.3, -0.25) is 29.0 Å². The van der Waals surface area contributed by atoms with E-state index in [0.29, 0.717) is 19.4 Å². The molecule has 11 nitrogen and oxygen atoms in total. The minimum absolute atomic E-state index is 0.0100. The van der Waals surface area contributed by atoms with E-state index in [4.69, 9.17) is 20.2 Å². The molecule has 8 atom stereocenters. The summed E-state index contributed by atoms with van der Waals surface area (Å²) in [5, 5.41) is 0. The van der Waals surface area contributed by atoms with Crippen LogP contribution in [0.25, 0.3) is 0 Å². The molecule has 1 aliphatic heterocycles. The van der Waals surface area contributed by atoms with Crippen molar-refractivity contribution in [2.75, 3.05) is 27.8 Å². The van der Waals surface area contributed by atoms with E-state index in [1.54, 1.807) is 32.4 Å². The van der Waals surface area contributed by atoms with Crippen LogP contribution in [0.15, 0.2) is 24.4 Å². The molecule has 0 unspecified atom stereocenters. The number of hydrogen-bond donors (Lipinski definition) is 1. The number of aryl methyl sites for hydroxylation is 1. The number of methoxy groups -OCH3 is 2. The molecule has 0 aromatic carbocycles. The van der Waals surface area contributed by atoms with Crippen molar-refractivity contribution in [1.82, 2.24) is 14.8 Å². The van der Waals surface area contributed by atoms with Gasteiger partial charge in [-0.2, -0.15) is 0 Å². The summed E-state index contributed by atoms with van der Waals surface area (Å²) in [5.74, 6) is 3.91. The number of hydrogen-bond acceptors (Lipinski definition) is 9. The van der Waals surface area contributed by atoms with E-state index in [2.05, 4.69) is 11.9 Å². The van der Waals surface area contributed by atoms with Crippen LogP contribution in [-0.2, 0) is 39.9 Å². The molecule has 1 fully saturated rings. The maximum Gasteiger partial charge on any atom is 0.226 e. The first kappa shape index (κ1) is 42.4. The molecule has 0 bridgehead atoms. The number of likely N-dealkylation sites (tertiary alicyclic amines) is 1. The molecule has 0 saturated carbocycles. The molecule has 2 amide bonds. The average molecular weight is 689 g/mol. The summed E-state index contributed by atoms with van der Waals surface area (Å²) in [5.41, 5.74) is 0.962. The zero-order chi connectivity index (χ0) is 36.8. The number of pyridine rings is 1. The Hall–Kier alpha value is -2.73. The number of ether oxygens (including phenoxy) is 2. The van der Waals surface area contributed by atoms with E-state index < -0.39 is 30.3 Å². The Balaban J connectivity index is 2.20. The van der Waals surface area contributed by atoms with Crippen molar-refractivity contribution in [1.29, 1.82) is 0 Å². The number of carbonyl (C=O) groups excluding carboxylic acids is 4. The number of rotatable bonds is 22. The Kier molecular flexibility index (Phi) is 18.0. The molecule has 2 N–H and O–H groups in total. The van der Waals surface area contributed by atoms with Gasteiger partial charge < -0.3 is 19.3 Å². The lowest BCUT2D eigenvalue weighted by molar-refractivity contribution is -0.150. The largest absolute Gasteiger partial charge is 0.379 e. The standard InChI is InChI=1S/C38H64N4O7/c1-11-26(6)35(41(8)38(46)29(24(2)3)22-32(44)36(49-39)25(4)5)33(47-9)23-34(45)42-21-15-18-30(42)37(48-10)27(7)31(43)19-14-17-28-16-12-13-20-40-28/h12-13,16,20,24-27,29-30,33,35-37H,11,14-15,17-19,21-23,39H2,1-10H3/t26-,27-,29-,30-,33+,35-,36-,37+/m0/s1. The van der Waals surface area contributed by atoms with Gasteiger partial charge >= 0.3 is 0 Å². The lowest BCUT2D eigenvalue weighted by atomic mass is 9.84. The van der Waals surface area contributed by atoms with E-state index in [1.165, 1.54) is 0 Å². The SMILES string of the molecule is CC[C@H](C)[C@@H]([C@@H](CC(=O)N1CCC[C@H]1[C@H](OC)[C@@H](C)C(=O)CCCc1ccccn1)OC)N(C)C(=O)[C@@H](CC(=O)[C@@H](ON)C(C)C)C(C)C. The lowest BCUT2D eigenvalue weighted by Gasteiger charge is -2.41. The second-order valence-corrected chi connectivity index (χ2v) is 14.6. The first-order valence-electron chi connectivity index (χ1n) is 18.2.